The number of nitrogens with zero attached hydrogens (tertiary/aromatic N) is 1. The Bertz CT molecular complexity index is 774. The van der Waals surface area contributed by atoms with Crippen LogP contribution in [0, 0.1) is 5.82 Å². The molecular weight excluding hydrogens is 337 g/mol. The van der Waals surface area contributed by atoms with Crippen molar-refractivity contribution in [3.63, 3.8) is 0 Å². The Hall–Kier alpha value is -2.89. The number of hydrogen-bond donors (Lipinski definition) is 0. The quantitative estimate of drug-likeness (QED) is 0.677. The van der Waals surface area contributed by atoms with Crippen molar-refractivity contribution in [1.82, 2.24) is 4.90 Å². The van der Waals surface area contributed by atoms with Crippen molar-refractivity contribution in [2.75, 3.05) is 20.8 Å². The van der Waals surface area contributed by atoms with E-state index in [9.17, 15) is 14.0 Å². The zero-order valence-corrected chi connectivity index (χ0v) is 15.1. The van der Waals surface area contributed by atoms with E-state index in [0.29, 0.717) is 23.3 Å². The number of carbonyl (C=O) groups is 2. The van der Waals surface area contributed by atoms with E-state index in [1.807, 2.05) is 0 Å². The van der Waals surface area contributed by atoms with Gasteiger partial charge in [-0.2, -0.15) is 0 Å². The van der Waals surface area contributed by atoms with E-state index in [2.05, 4.69) is 0 Å². The van der Waals surface area contributed by atoms with Gasteiger partial charge in [0.25, 0.3) is 5.91 Å². The number of ether oxygens (including phenoxy) is 2. The fourth-order valence-corrected chi connectivity index (χ4v) is 2.37. The molecule has 0 bridgehead atoms. The van der Waals surface area contributed by atoms with E-state index in [1.165, 1.54) is 24.1 Å². The summed E-state index contributed by atoms with van der Waals surface area (Å²) in [6.45, 7) is 1.92. The summed E-state index contributed by atoms with van der Waals surface area (Å²) in [7, 11) is 3.02. The fourth-order valence-electron chi connectivity index (χ4n) is 2.37. The number of ketones is 1. The van der Waals surface area contributed by atoms with E-state index in [-0.39, 0.29) is 30.6 Å². The van der Waals surface area contributed by atoms with Crippen LogP contribution < -0.4 is 9.47 Å². The molecule has 6 heteroatoms. The maximum Gasteiger partial charge on any atom is 0.260 e. The van der Waals surface area contributed by atoms with Gasteiger partial charge in [0.15, 0.2) is 24.0 Å². The third-order valence-corrected chi connectivity index (χ3v) is 3.92. The first-order chi connectivity index (χ1) is 12.4. The van der Waals surface area contributed by atoms with Gasteiger partial charge < -0.3 is 14.4 Å². The Kier molecular flexibility index (Phi) is 6.72. The summed E-state index contributed by atoms with van der Waals surface area (Å²) in [5, 5.41) is 0. The summed E-state index contributed by atoms with van der Waals surface area (Å²) < 4.78 is 24.0. The van der Waals surface area contributed by atoms with E-state index in [0.717, 1.165) is 0 Å². The monoisotopic (exact) mass is 359 g/mol. The lowest BCUT2D eigenvalue weighted by molar-refractivity contribution is -0.132. The normalized spacial score (nSPS) is 10.3. The molecule has 0 unspecified atom stereocenters. The smallest absolute Gasteiger partial charge is 0.260 e. The molecule has 0 atom stereocenters. The zero-order chi connectivity index (χ0) is 19.1. The van der Waals surface area contributed by atoms with Crippen LogP contribution in [-0.4, -0.2) is 37.4 Å². The van der Waals surface area contributed by atoms with Crippen molar-refractivity contribution in [1.29, 1.82) is 0 Å². The Morgan fingerprint density at radius 3 is 2.38 bits per heavy atom. The third-order valence-electron chi connectivity index (χ3n) is 3.92. The molecule has 0 aliphatic rings. The molecule has 0 N–H and O–H groups in total. The zero-order valence-electron chi connectivity index (χ0n) is 15.1. The van der Waals surface area contributed by atoms with E-state index in [4.69, 9.17) is 9.47 Å². The fraction of sp³-hybridized carbons (Fsp3) is 0.300. The molecule has 2 aromatic rings. The lowest BCUT2D eigenvalue weighted by Gasteiger charge is -2.18. The van der Waals surface area contributed by atoms with Gasteiger partial charge in [0.05, 0.1) is 7.11 Å². The van der Waals surface area contributed by atoms with Gasteiger partial charge in [0, 0.05) is 25.6 Å². The number of carbonyl (C=O) groups excluding carboxylic acids is 2. The van der Waals surface area contributed by atoms with Crippen LogP contribution in [0.15, 0.2) is 42.5 Å². The highest BCUT2D eigenvalue weighted by Crippen LogP contribution is 2.18. The van der Waals surface area contributed by atoms with Crippen LogP contribution in [0.3, 0.4) is 0 Å². The molecule has 0 heterocycles. The Morgan fingerprint density at radius 1 is 1.12 bits per heavy atom. The Balaban J connectivity index is 1.88. The summed E-state index contributed by atoms with van der Waals surface area (Å²) in [5.74, 6) is 0.0174. The predicted molar refractivity (Wildman–Crippen MR) is 96.0 cm³/mol. The van der Waals surface area contributed by atoms with Gasteiger partial charge in [-0.1, -0.05) is 13.0 Å². The predicted octanol–water partition coefficient (Wildman–Crippen LogP) is 3.46. The molecule has 0 fully saturated rings. The summed E-state index contributed by atoms with van der Waals surface area (Å²) in [4.78, 5) is 25.2. The molecule has 26 heavy (non-hydrogen) atoms. The number of methoxy groups -OCH3 is 1. The standard InChI is InChI=1S/C20H22FNO4/c1-4-18(23)15-6-8-16(9-7-15)26-13-20(24)22(2)12-14-5-10-19(25-3)17(21)11-14/h5-11H,4,12-13H2,1-3H3. The second-order valence-electron chi connectivity index (χ2n) is 5.81. The van der Waals surface area contributed by atoms with Crippen LogP contribution in [0.25, 0.3) is 0 Å². The molecule has 0 saturated carbocycles. The lowest BCUT2D eigenvalue weighted by atomic mass is 10.1. The molecule has 0 spiro atoms. The molecule has 0 aliphatic carbocycles. The van der Waals surface area contributed by atoms with Gasteiger partial charge in [-0.3, -0.25) is 9.59 Å². The largest absolute Gasteiger partial charge is 0.494 e. The maximum atomic E-state index is 13.7. The number of hydrogen-bond acceptors (Lipinski definition) is 4. The molecular formula is C20H22FNO4. The first kappa shape index (κ1) is 19.4. The first-order valence-corrected chi connectivity index (χ1v) is 8.27. The van der Waals surface area contributed by atoms with Gasteiger partial charge in [-0.05, 0) is 42.0 Å². The SMILES string of the molecule is CCC(=O)c1ccc(OCC(=O)N(C)Cc2ccc(OC)c(F)c2)cc1. The summed E-state index contributed by atoms with van der Waals surface area (Å²) in [6.07, 6.45) is 0.440. The Morgan fingerprint density at radius 2 is 1.81 bits per heavy atom. The van der Waals surface area contributed by atoms with Crippen LogP contribution in [0.5, 0.6) is 11.5 Å². The number of amides is 1. The van der Waals surface area contributed by atoms with E-state index < -0.39 is 5.82 Å². The first-order valence-electron chi connectivity index (χ1n) is 8.27. The molecule has 0 aliphatic heterocycles. The summed E-state index contributed by atoms with van der Waals surface area (Å²) >= 11 is 0. The van der Waals surface area contributed by atoms with Crippen LogP contribution in [0.1, 0.15) is 29.3 Å². The van der Waals surface area contributed by atoms with Gasteiger partial charge in [0.2, 0.25) is 0 Å². The second-order valence-corrected chi connectivity index (χ2v) is 5.81. The molecule has 1 amide bonds. The maximum absolute atomic E-state index is 13.7. The van der Waals surface area contributed by atoms with Crippen molar-refractivity contribution < 1.29 is 23.5 Å². The highest BCUT2D eigenvalue weighted by atomic mass is 19.1. The summed E-state index contributed by atoms with van der Waals surface area (Å²) in [6, 6.07) is 11.2. The minimum absolute atomic E-state index is 0.0547. The Labute approximate surface area is 152 Å². The minimum atomic E-state index is -0.469. The number of likely N-dealkylation sites (N-methyl/N-ethyl adjacent to an activating group) is 1. The third kappa shape index (κ3) is 5.05. The highest BCUT2D eigenvalue weighted by Gasteiger charge is 2.12. The lowest BCUT2D eigenvalue weighted by Crippen LogP contribution is -2.31. The van der Waals surface area contributed by atoms with Gasteiger partial charge in [0.1, 0.15) is 5.75 Å². The van der Waals surface area contributed by atoms with Crippen molar-refractivity contribution in [2.24, 2.45) is 0 Å². The molecule has 138 valence electrons. The second kappa shape index (κ2) is 8.99. The number of halogens is 1. The molecule has 0 saturated heterocycles. The van der Waals surface area contributed by atoms with Crippen molar-refractivity contribution in [3.05, 3.63) is 59.4 Å². The van der Waals surface area contributed by atoms with E-state index in [1.54, 1.807) is 44.3 Å². The van der Waals surface area contributed by atoms with Gasteiger partial charge >= 0.3 is 0 Å². The van der Waals surface area contributed by atoms with Gasteiger partial charge in [-0.25, -0.2) is 4.39 Å². The molecule has 2 aromatic carbocycles. The van der Waals surface area contributed by atoms with Gasteiger partial charge in [-0.15, -0.1) is 0 Å². The average molecular weight is 359 g/mol. The van der Waals surface area contributed by atoms with Crippen LogP contribution in [0.2, 0.25) is 0 Å². The number of Topliss-reactive ketones (excluding diaryl/α,β-unsaturated/α-hetero) is 1. The van der Waals surface area contributed by atoms with Crippen LogP contribution in [0.4, 0.5) is 4.39 Å². The molecule has 2 rings (SSSR count). The van der Waals surface area contributed by atoms with E-state index >= 15 is 0 Å². The molecule has 0 radical (unpaired) electrons. The average Bonchev–Trinajstić information content (AvgIpc) is 2.66. The van der Waals surface area contributed by atoms with Crippen molar-refractivity contribution in [3.8, 4) is 11.5 Å². The summed E-state index contributed by atoms with van der Waals surface area (Å²) in [5.41, 5.74) is 1.27. The molecule has 5 nitrogen and oxygen atoms in total. The minimum Gasteiger partial charge on any atom is -0.494 e. The topological polar surface area (TPSA) is 55.8 Å². The molecule has 0 aromatic heterocycles. The van der Waals surface area contributed by atoms with Crippen LogP contribution >= 0.6 is 0 Å². The van der Waals surface area contributed by atoms with Crippen LogP contribution in [-0.2, 0) is 11.3 Å². The van der Waals surface area contributed by atoms with Crippen molar-refractivity contribution in [2.45, 2.75) is 19.9 Å². The number of rotatable bonds is 8. The highest BCUT2D eigenvalue weighted by molar-refractivity contribution is 5.95. The van der Waals surface area contributed by atoms with Crippen molar-refractivity contribution >= 4 is 11.7 Å². The number of benzene rings is 2.